The molecule has 1 aromatic rings. The fourth-order valence-electron chi connectivity index (χ4n) is 2.91. The first-order valence-corrected chi connectivity index (χ1v) is 9.00. The summed E-state index contributed by atoms with van der Waals surface area (Å²) in [6, 6.07) is 3.43. The molecule has 0 radical (unpaired) electrons. The molecule has 26 heavy (non-hydrogen) atoms. The van der Waals surface area contributed by atoms with Crippen LogP contribution in [-0.4, -0.2) is 74.4 Å². The van der Waals surface area contributed by atoms with E-state index in [-0.39, 0.29) is 12.5 Å². The number of ether oxygens (including phenoxy) is 2. The predicted octanol–water partition coefficient (Wildman–Crippen LogP) is 2.34. The van der Waals surface area contributed by atoms with Crippen molar-refractivity contribution in [3.8, 4) is 11.5 Å². The van der Waals surface area contributed by atoms with Gasteiger partial charge in [0.25, 0.3) is 0 Å². The Morgan fingerprint density at radius 3 is 2.27 bits per heavy atom. The number of anilines is 1. The van der Waals surface area contributed by atoms with Crippen LogP contribution in [0.15, 0.2) is 16.6 Å². The van der Waals surface area contributed by atoms with Crippen LogP contribution in [-0.2, 0) is 4.79 Å². The lowest BCUT2D eigenvalue weighted by Crippen LogP contribution is -2.50. The molecule has 2 heterocycles. The Bertz CT molecular complexity index is 664. The SMILES string of the molecule is O=C(CN1CCN(CC(F)(F)F)CC1)Nc1cc2c(cc1Br)OCCO2. The van der Waals surface area contributed by atoms with Crippen LogP contribution in [0.25, 0.3) is 0 Å². The van der Waals surface area contributed by atoms with Crippen LogP contribution >= 0.6 is 15.9 Å². The van der Waals surface area contributed by atoms with Gasteiger partial charge in [-0.05, 0) is 15.9 Å². The number of halogens is 4. The molecule has 10 heteroatoms. The lowest BCUT2D eigenvalue weighted by Gasteiger charge is -2.34. The fourth-order valence-corrected chi connectivity index (χ4v) is 3.33. The first-order chi connectivity index (χ1) is 12.3. The van der Waals surface area contributed by atoms with Crippen molar-refractivity contribution in [2.24, 2.45) is 0 Å². The number of carbonyl (C=O) groups is 1. The van der Waals surface area contributed by atoms with E-state index in [0.717, 1.165) is 0 Å². The Kier molecular flexibility index (Phi) is 5.93. The molecule has 144 valence electrons. The molecule has 0 saturated carbocycles. The third-order valence-corrected chi connectivity index (χ3v) is 4.80. The molecule has 0 aliphatic carbocycles. The lowest BCUT2D eigenvalue weighted by molar-refractivity contribution is -0.149. The number of alkyl halides is 3. The summed E-state index contributed by atoms with van der Waals surface area (Å²) in [6.45, 7) is 1.58. The van der Waals surface area contributed by atoms with E-state index in [2.05, 4.69) is 21.2 Å². The summed E-state index contributed by atoms with van der Waals surface area (Å²) in [5.74, 6) is 0.948. The first-order valence-electron chi connectivity index (χ1n) is 8.20. The summed E-state index contributed by atoms with van der Waals surface area (Å²) in [5.41, 5.74) is 0.565. The summed E-state index contributed by atoms with van der Waals surface area (Å²) in [6.07, 6.45) is -4.19. The minimum Gasteiger partial charge on any atom is -0.486 e. The molecule has 1 fully saturated rings. The molecular formula is C16H19BrF3N3O3. The van der Waals surface area contributed by atoms with E-state index < -0.39 is 12.7 Å². The van der Waals surface area contributed by atoms with Crippen LogP contribution < -0.4 is 14.8 Å². The average molecular weight is 438 g/mol. The van der Waals surface area contributed by atoms with Crippen molar-refractivity contribution in [3.63, 3.8) is 0 Å². The number of amides is 1. The van der Waals surface area contributed by atoms with Crippen LogP contribution in [0.3, 0.4) is 0 Å². The van der Waals surface area contributed by atoms with Gasteiger partial charge in [0.2, 0.25) is 5.91 Å². The van der Waals surface area contributed by atoms with E-state index in [1.807, 2.05) is 4.90 Å². The van der Waals surface area contributed by atoms with Gasteiger partial charge in [-0.2, -0.15) is 13.2 Å². The summed E-state index contributed by atoms with van der Waals surface area (Å²) in [7, 11) is 0. The van der Waals surface area contributed by atoms with Crippen molar-refractivity contribution in [2.75, 3.05) is 57.8 Å². The van der Waals surface area contributed by atoms with Crippen molar-refractivity contribution < 1.29 is 27.4 Å². The van der Waals surface area contributed by atoms with E-state index in [1.165, 1.54) is 4.90 Å². The fraction of sp³-hybridized carbons (Fsp3) is 0.562. The predicted molar refractivity (Wildman–Crippen MR) is 92.7 cm³/mol. The van der Waals surface area contributed by atoms with Gasteiger partial charge in [-0.25, -0.2) is 0 Å². The van der Waals surface area contributed by atoms with E-state index >= 15 is 0 Å². The van der Waals surface area contributed by atoms with Gasteiger partial charge in [-0.1, -0.05) is 0 Å². The summed E-state index contributed by atoms with van der Waals surface area (Å²) in [4.78, 5) is 15.5. The maximum atomic E-state index is 12.4. The van der Waals surface area contributed by atoms with Crippen LogP contribution in [0.2, 0.25) is 0 Å². The molecule has 0 atom stereocenters. The largest absolute Gasteiger partial charge is 0.486 e. The van der Waals surface area contributed by atoms with Gasteiger partial charge < -0.3 is 14.8 Å². The van der Waals surface area contributed by atoms with Crippen molar-refractivity contribution in [3.05, 3.63) is 16.6 Å². The Balaban J connectivity index is 1.51. The molecule has 1 amide bonds. The molecule has 6 nitrogen and oxygen atoms in total. The van der Waals surface area contributed by atoms with Crippen molar-refractivity contribution in [1.82, 2.24) is 9.80 Å². The number of hydrogen-bond acceptors (Lipinski definition) is 5. The van der Waals surface area contributed by atoms with Gasteiger partial charge in [0.15, 0.2) is 11.5 Å². The van der Waals surface area contributed by atoms with Crippen molar-refractivity contribution in [2.45, 2.75) is 6.18 Å². The number of nitrogens with one attached hydrogen (secondary N) is 1. The zero-order valence-corrected chi connectivity index (χ0v) is 15.5. The number of benzene rings is 1. The number of nitrogens with zero attached hydrogens (tertiary/aromatic N) is 2. The molecule has 3 rings (SSSR count). The molecule has 2 aliphatic heterocycles. The molecule has 0 unspecified atom stereocenters. The zero-order chi connectivity index (χ0) is 18.7. The zero-order valence-electron chi connectivity index (χ0n) is 13.9. The molecule has 1 saturated heterocycles. The van der Waals surface area contributed by atoms with Crippen LogP contribution in [0.5, 0.6) is 11.5 Å². The molecule has 0 aromatic heterocycles. The standard InChI is InChI=1S/C16H19BrF3N3O3/c17-11-7-13-14(26-6-5-25-13)8-12(11)21-15(24)9-22-1-3-23(4-2-22)10-16(18,19)20/h7-8H,1-6,9-10H2,(H,21,24). The van der Waals surface area contributed by atoms with Gasteiger partial charge in [0, 0.05) is 42.8 Å². The van der Waals surface area contributed by atoms with Crippen molar-refractivity contribution >= 4 is 27.5 Å². The van der Waals surface area contributed by atoms with Gasteiger partial charge in [0.05, 0.1) is 18.8 Å². The van der Waals surface area contributed by atoms with Gasteiger partial charge in [0.1, 0.15) is 13.2 Å². The second-order valence-corrected chi connectivity index (χ2v) is 7.05. The number of piperazine rings is 1. The molecule has 2 aliphatic rings. The summed E-state index contributed by atoms with van der Waals surface area (Å²) < 4.78 is 48.9. The minimum atomic E-state index is -4.19. The highest BCUT2D eigenvalue weighted by atomic mass is 79.9. The van der Waals surface area contributed by atoms with Gasteiger partial charge in [-0.15, -0.1) is 0 Å². The summed E-state index contributed by atoms with van der Waals surface area (Å²) >= 11 is 3.39. The topological polar surface area (TPSA) is 54.0 Å². The highest BCUT2D eigenvalue weighted by Crippen LogP contribution is 2.38. The van der Waals surface area contributed by atoms with E-state index in [9.17, 15) is 18.0 Å². The van der Waals surface area contributed by atoms with Crippen molar-refractivity contribution in [1.29, 1.82) is 0 Å². The van der Waals surface area contributed by atoms with E-state index in [0.29, 0.717) is 61.1 Å². The lowest BCUT2D eigenvalue weighted by atomic mass is 10.2. The number of rotatable bonds is 4. The third kappa shape index (κ3) is 5.24. The number of fused-ring (bicyclic) bond motifs is 1. The third-order valence-electron chi connectivity index (χ3n) is 4.14. The number of hydrogen-bond donors (Lipinski definition) is 1. The van der Waals surface area contributed by atoms with Gasteiger partial charge in [-0.3, -0.25) is 14.6 Å². The van der Waals surface area contributed by atoms with E-state index in [4.69, 9.17) is 9.47 Å². The van der Waals surface area contributed by atoms with Crippen LogP contribution in [0.4, 0.5) is 18.9 Å². The second-order valence-electron chi connectivity index (χ2n) is 6.19. The van der Waals surface area contributed by atoms with Gasteiger partial charge >= 0.3 is 6.18 Å². The Morgan fingerprint density at radius 2 is 1.65 bits per heavy atom. The smallest absolute Gasteiger partial charge is 0.401 e. The molecular weight excluding hydrogens is 419 g/mol. The maximum Gasteiger partial charge on any atom is 0.401 e. The van der Waals surface area contributed by atoms with E-state index in [1.54, 1.807) is 12.1 Å². The summed E-state index contributed by atoms with van der Waals surface area (Å²) in [5, 5.41) is 2.80. The Labute approximate surface area is 157 Å². The Hall–Kier alpha value is -1.52. The number of carbonyl (C=O) groups excluding carboxylic acids is 1. The Morgan fingerprint density at radius 1 is 1.08 bits per heavy atom. The minimum absolute atomic E-state index is 0.126. The first kappa shape index (κ1) is 19.2. The molecule has 0 spiro atoms. The molecule has 0 bridgehead atoms. The van der Waals surface area contributed by atoms with Crippen LogP contribution in [0, 0.1) is 0 Å². The second kappa shape index (κ2) is 8.01. The quantitative estimate of drug-likeness (QED) is 0.783. The maximum absolute atomic E-state index is 12.4. The average Bonchev–Trinajstić information content (AvgIpc) is 2.56. The monoisotopic (exact) mass is 437 g/mol. The molecule has 1 N–H and O–H groups in total. The highest BCUT2D eigenvalue weighted by molar-refractivity contribution is 9.10. The highest BCUT2D eigenvalue weighted by Gasteiger charge is 2.32. The molecule has 1 aromatic carbocycles. The normalized spacial score (nSPS) is 18.6. The van der Waals surface area contributed by atoms with Crippen LogP contribution in [0.1, 0.15) is 0 Å².